The molecule has 9 heteroatoms. The largest absolute Gasteiger partial charge is 0.756 e. The van der Waals surface area contributed by atoms with Gasteiger partial charge in [0.25, 0.3) is 7.82 Å². The highest BCUT2D eigenvalue weighted by molar-refractivity contribution is 7.45. The van der Waals surface area contributed by atoms with Crippen LogP contribution in [-0.2, 0) is 18.4 Å². The van der Waals surface area contributed by atoms with E-state index >= 15 is 0 Å². The fourth-order valence-corrected chi connectivity index (χ4v) is 9.69. The summed E-state index contributed by atoms with van der Waals surface area (Å²) in [7, 11) is 1.21. The molecule has 3 unspecified atom stereocenters. The molecule has 3 atom stereocenters. The SMILES string of the molecule is CC/C=C\C/C=C\C/C=C\C/C=C\C/C=C\C/C=C\C/C=C\C/C=C\CCCCCCCCCCC(=O)NC(COP(=O)([O-])OCC[N+](C)(C)C)C(O)/C=C/CC/C=C/CC/C=C/CCCCCCCCCCCCCCCCCC. The highest BCUT2D eigenvalue weighted by Crippen LogP contribution is 2.38. The molecule has 0 fully saturated rings. The molecule has 0 aliphatic carbocycles. The Morgan fingerprint density at radius 1 is 0.444 bits per heavy atom. The summed E-state index contributed by atoms with van der Waals surface area (Å²) in [5.74, 6) is -0.224. The molecule has 464 valence electrons. The number of rotatable bonds is 59. The number of carbonyl (C=O) groups is 1. The van der Waals surface area contributed by atoms with Crippen LogP contribution in [0.5, 0.6) is 0 Å². The number of quaternary nitrogens is 1. The Kier molecular flexibility index (Phi) is 58.7. The average molecular weight is 1150 g/mol. The molecular weight excluding hydrogens is 1020 g/mol. The number of carbonyl (C=O) groups excluding carboxylic acids is 1. The average Bonchev–Trinajstić information content (AvgIpc) is 3.43. The van der Waals surface area contributed by atoms with E-state index in [2.05, 4.69) is 141 Å². The fourth-order valence-electron chi connectivity index (χ4n) is 8.97. The minimum absolute atomic E-state index is 0.0176. The van der Waals surface area contributed by atoms with Gasteiger partial charge in [-0.05, 0) is 109 Å². The number of aliphatic hydroxyl groups excluding tert-OH is 1. The lowest BCUT2D eigenvalue weighted by Gasteiger charge is -2.29. The van der Waals surface area contributed by atoms with Gasteiger partial charge in [-0.1, -0.05) is 282 Å². The highest BCUT2D eigenvalue weighted by Gasteiger charge is 2.23. The van der Waals surface area contributed by atoms with Crippen molar-refractivity contribution in [2.75, 3.05) is 40.9 Å². The number of aliphatic hydroxyl groups is 1. The van der Waals surface area contributed by atoms with Crippen LogP contribution in [0.15, 0.2) is 134 Å². The first-order valence-corrected chi connectivity index (χ1v) is 34.5. The Hall–Kier alpha value is -3.36. The number of likely N-dealkylation sites (N-methyl/N-ethyl adjacent to an activating group) is 1. The molecule has 0 bridgehead atoms. The summed E-state index contributed by atoms with van der Waals surface area (Å²) >= 11 is 0. The summed E-state index contributed by atoms with van der Waals surface area (Å²) in [4.78, 5) is 25.6. The first kappa shape index (κ1) is 77.6. The van der Waals surface area contributed by atoms with Crippen LogP contribution >= 0.6 is 7.82 Å². The van der Waals surface area contributed by atoms with Gasteiger partial charge in [-0.3, -0.25) is 9.36 Å². The summed E-state index contributed by atoms with van der Waals surface area (Å²) < 4.78 is 23.4. The number of phosphoric ester groups is 1. The number of hydrogen-bond acceptors (Lipinski definition) is 6. The van der Waals surface area contributed by atoms with E-state index in [1.807, 2.05) is 27.2 Å². The third-order valence-corrected chi connectivity index (χ3v) is 15.0. The van der Waals surface area contributed by atoms with Crippen LogP contribution in [0.2, 0.25) is 0 Å². The van der Waals surface area contributed by atoms with E-state index in [9.17, 15) is 19.4 Å². The minimum atomic E-state index is -4.63. The van der Waals surface area contributed by atoms with Gasteiger partial charge in [-0.15, -0.1) is 0 Å². The summed E-state index contributed by atoms with van der Waals surface area (Å²) in [5.41, 5.74) is 0. The summed E-state index contributed by atoms with van der Waals surface area (Å²) in [5, 5.41) is 13.9. The van der Waals surface area contributed by atoms with Crippen LogP contribution in [0.4, 0.5) is 0 Å². The molecule has 0 aromatic rings. The van der Waals surface area contributed by atoms with Gasteiger partial charge in [0.15, 0.2) is 0 Å². The number of nitrogens with one attached hydrogen (secondary N) is 1. The number of amides is 1. The molecule has 0 saturated carbocycles. The van der Waals surface area contributed by atoms with Gasteiger partial charge >= 0.3 is 0 Å². The highest BCUT2D eigenvalue weighted by atomic mass is 31.2. The molecule has 0 spiro atoms. The molecule has 8 nitrogen and oxygen atoms in total. The van der Waals surface area contributed by atoms with Crippen molar-refractivity contribution in [2.24, 2.45) is 0 Å². The Morgan fingerprint density at radius 3 is 1.15 bits per heavy atom. The second kappa shape index (κ2) is 61.2. The zero-order chi connectivity index (χ0) is 59.1. The van der Waals surface area contributed by atoms with Gasteiger partial charge in [0, 0.05) is 6.42 Å². The summed E-state index contributed by atoms with van der Waals surface area (Å²) in [6, 6.07) is -0.926. The smallest absolute Gasteiger partial charge is 0.268 e. The van der Waals surface area contributed by atoms with Crippen molar-refractivity contribution in [3.8, 4) is 0 Å². The number of phosphoric acid groups is 1. The normalized spacial score (nSPS) is 14.6. The molecule has 0 aliphatic heterocycles. The van der Waals surface area contributed by atoms with E-state index in [1.165, 1.54) is 135 Å². The molecule has 2 N–H and O–H groups in total. The lowest BCUT2D eigenvalue weighted by atomic mass is 10.0. The van der Waals surface area contributed by atoms with Crippen molar-refractivity contribution >= 4 is 13.7 Å². The maximum atomic E-state index is 13.0. The zero-order valence-electron chi connectivity index (χ0n) is 52.9. The van der Waals surface area contributed by atoms with Crippen molar-refractivity contribution in [1.29, 1.82) is 0 Å². The van der Waals surface area contributed by atoms with E-state index in [0.717, 1.165) is 109 Å². The summed E-state index contributed by atoms with van der Waals surface area (Å²) in [6.07, 6.45) is 92.7. The van der Waals surface area contributed by atoms with Crippen LogP contribution < -0.4 is 10.2 Å². The summed E-state index contributed by atoms with van der Waals surface area (Å²) in [6.45, 7) is 4.50. The van der Waals surface area contributed by atoms with Gasteiger partial charge in [0.05, 0.1) is 39.9 Å². The second-order valence-corrected chi connectivity index (χ2v) is 24.5. The predicted molar refractivity (Wildman–Crippen MR) is 352 cm³/mol. The van der Waals surface area contributed by atoms with Crippen molar-refractivity contribution < 1.29 is 32.9 Å². The topological polar surface area (TPSA) is 108 Å². The molecule has 0 aliphatic rings. The number of nitrogens with zero attached hydrogens (tertiary/aromatic N) is 1. The van der Waals surface area contributed by atoms with Gasteiger partial charge in [-0.25, -0.2) is 0 Å². The van der Waals surface area contributed by atoms with Crippen molar-refractivity contribution in [1.82, 2.24) is 5.32 Å². The Labute approximate surface area is 500 Å². The Morgan fingerprint density at radius 2 is 0.765 bits per heavy atom. The van der Waals surface area contributed by atoms with Gasteiger partial charge < -0.3 is 28.8 Å². The quantitative estimate of drug-likeness (QED) is 0.0272. The molecule has 0 aromatic heterocycles. The molecule has 0 radical (unpaired) electrons. The molecule has 1 amide bonds. The zero-order valence-corrected chi connectivity index (χ0v) is 53.8. The monoisotopic (exact) mass is 1140 g/mol. The van der Waals surface area contributed by atoms with Crippen LogP contribution in [-0.4, -0.2) is 68.5 Å². The molecule has 81 heavy (non-hydrogen) atoms. The van der Waals surface area contributed by atoms with Crippen LogP contribution in [0.25, 0.3) is 0 Å². The van der Waals surface area contributed by atoms with Crippen LogP contribution in [0.3, 0.4) is 0 Å². The van der Waals surface area contributed by atoms with Crippen molar-refractivity contribution in [2.45, 2.75) is 276 Å². The number of unbranched alkanes of at least 4 members (excludes halogenated alkanes) is 26. The maximum Gasteiger partial charge on any atom is 0.268 e. The lowest BCUT2D eigenvalue weighted by Crippen LogP contribution is -2.45. The maximum absolute atomic E-state index is 13.0. The third-order valence-electron chi connectivity index (χ3n) is 14.1. The Bertz CT molecular complexity index is 1780. The van der Waals surface area contributed by atoms with E-state index in [0.29, 0.717) is 17.4 Å². The molecule has 0 rings (SSSR count). The van der Waals surface area contributed by atoms with E-state index in [-0.39, 0.29) is 12.5 Å². The van der Waals surface area contributed by atoms with E-state index in [1.54, 1.807) is 6.08 Å². The molecule has 0 heterocycles. The number of allylic oxidation sites excluding steroid dienone is 21. The van der Waals surface area contributed by atoms with Gasteiger partial charge in [0.2, 0.25) is 5.91 Å². The van der Waals surface area contributed by atoms with Crippen LogP contribution in [0, 0.1) is 0 Å². The molecule has 0 aromatic carbocycles. The van der Waals surface area contributed by atoms with Gasteiger partial charge in [0.1, 0.15) is 13.2 Å². The van der Waals surface area contributed by atoms with Crippen molar-refractivity contribution in [3.63, 3.8) is 0 Å². The molecular formula is C72H125N2O6P. The first-order chi connectivity index (χ1) is 39.5. The van der Waals surface area contributed by atoms with E-state index < -0.39 is 26.6 Å². The van der Waals surface area contributed by atoms with Crippen molar-refractivity contribution in [3.05, 3.63) is 134 Å². The predicted octanol–water partition coefficient (Wildman–Crippen LogP) is 20.4. The van der Waals surface area contributed by atoms with Crippen LogP contribution in [0.1, 0.15) is 264 Å². The fraction of sp³-hybridized carbons (Fsp3) is 0.681. The Balaban J connectivity index is 4.26. The van der Waals surface area contributed by atoms with Gasteiger partial charge in [-0.2, -0.15) is 0 Å². The molecule has 0 saturated heterocycles. The number of hydrogen-bond donors (Lipinski definition) is 2. The second-order valence-electron chi connectivity index (χ2n) is 23.1. The lowest BCUT2D eigenvalue weighted by molar-refractivity contribution is -0.870. The third kappa shape index (κ3) is 64.1. The minimum Gasteiger partial charge on any atom is -0.756 e. The van der Waals surface area contributed by atoms with E-state index in [4.69, 9.17) is 9.05 Å². The first-order valence-electron chi connectivity index (χ1n) is 33.0. The standard InChI is InChI=1S/C72H125N2O6P/c1-6-8-10-12-14-16-18-20-22-24-26-28-30-32-34-35-36-37-38-39-40-42-44-46-48-50-52-54-56-58-60-62-64-66-72(76)73-70(69-80-81(77,78)79-68-67-74(3,4)5)71(75)65-63-61-59-57-55-53-51-49-47-45-43-41-33-31-29-27-25-23-21-19-17-15-13-11-9-7-2/h8,10,14,16,20,22,26,28,32,34,36-37,39-40,44,46-47,49,55,57,63,65,70-71,75H,6-7,9,11-13,15,17-19,21,23-25,27,29-31,33,35,38,41-43,45,48,50-54,56,58-62,64,66-69H2,1-5H3,(H-,73,76,77,78)/b10-8-,16-14-,22-20-,28-26-,34-32-,37-36-,40-39-,46-44-,49-47+,57-55+,65-63+.